The van der Waals surface area contributed by atoms with Crippen LogP contribution in [0.2, 0.25) is 0 Å². The molecule has 1 fully saturated rings. The van der Waals surface area contributed by atoms with E-state index in [0.29, 0.717) is 24.1 Å². The number of rotatable bonds is 5. The van der Waals surface area contributed by atoms with Crippen LogP contribution in [0.15, 0.2) is 27.8 Å². The number of nitrogens with zero attached hydrogens (tertiary/aromatic N) is 3. The molecule has 3 rings (SSSR count). The zero-order valence-corrected chi connectivity index (χ0v) is 11.2. The van der Waals surface area contributed by atoms with Gasteiger partial charge in [-0.15, -0.1) is 0 Å². The molecule has 5 nitrogen and oxygen atoms in total. The minimum absolute atomic E-state index is 0.524. The highest BCUT2D eigenvalue weighted by Gasteiger charge is 2.22. The molecule has 0 aliphatic heterocycles. The third-order valence-corrected chi connectivity index (χ3v) is 4.20. The number of pyridine rings is 1. The van der Waals surface area contributed by atoms with Crippen molar-refractivity contribution in [2.75, 3.05) is 12.3 Å². The number of nitrogens with two attached hydrogens (primary N) is 1. The molecule has 1 aliphatic rings. The van der Waals surface area contributed by atoms with Crippen LogP contribution in [0.25, 0.3) is 0 Å². The van der Waals surface area contributed by atoms with Gasteiger partial charge >= 0.3 is 0 Å². The summed E-state index contributed by atoms with van der Waals surface area (Å²) in [5, 5.41) is 0.826. The van der Waals surface area contributed by atoms with Crippen molar-refractivity contribution in [1.29, 1.82) is 0 Å². The average Bonchev–Trinajstić information content (AvgIpc) is 3.07. The molecule has 2 N–H and O–H groups in total. The van der Waals surface area contributed by atoms with Gasteiger partial charge in [0.25, 0.3) is 0 Å². The monoisotopic (exact) mass is 280 g/mol. The lowest BCUT2D eigenvalue weighted by molar-refractivity contribution is 0.288. The smallest absolute Gasteiger partial charge is 0.238 e. The van der Waals surface area contributed by atoms with E-state index in [9.17, 15) is 0 Å². The van der Waals surface area contributed by atoms with Crippen molar-refractivity contribution in [1.82, 2.24) is 14.3 Å². The van der Waals surface area contributed by atoms with Crippen LogP contribution in [-0.4, -0.2) is 20.9 Å². The van der Waals surface area contributed by atoms with Crippen molar-refractivity contribution in [3.8, 4) is 5.88 Å². The summed E-state index contributed by atoms with van der Waals surface area (Å²) in [5.74, 6) is 1.21. The lowest BCUT2D eigenvalue weighted by Crippen LogP contribution is -2.04. The summed E-state index contributed by atoms with van der Waals surface area (Å²) in [6.45, 7) is 0.712. The Kier molecular flexibility index (Phi) is 3.33. The molecule has 0 atom stereocenters. The van der Waals surface area contributed by atoms with Gasteiger partial charge in [0, 0.05) is 0 Å². The summed E-state index contributed by atoms with van der Waals surface area (Å²) in [6.07, 6.45) is 4.03. The number of nitrogen functional groups attached to an aromatic ring is 1. The second-order valence-electron chi connectivity index (χ2n) is 4.11. The van der Waals surface area contributed by atoms with Crippen LogP contribution in [0.3, 0.4) is 0 Å². The molecule has 2 aromatic rings. The maximum Gasteiger partial charge on any atom is 0.238 e. The number of hydrogen-bond acceptors (Lipinski definition) is 7. The quantitative estimate of drug-likeness (QED) is 0.907. The van der Waals surface area contributed by atoms with Crippen molar-refractivity contribution >= 4 is 29.0 Å². The molecule has 0 amide bonds. The Balaban J connectivity index is 1.72. The highest BCUT2D eigenvalue weighted by atomic mass is 32.2. The Bertz CT molecular complexity index is 528. The van der Waals surface area contributed by atoms with E-state index in [-0.39, 0.29) is 0 Å². The molecule has 18 heavy (non-hydrogen) atoms. The van der Waals surface area contributed by atoms with Crippen molar-refractivity contribution < 1.29 is 4.74 Å². The third kappa shape index (κ3) is 2.91. The van der Waals surface area contributed by atoms with Gasteiger partial charge < -0.3 is 10.5 Å². The van der Waals surface area contributed by atoms with Crippen LogP contribution in [-0.2, 0) is 0 Å². The first-order chi connectivity index (χ1) is 8.81. The van der Waals surface area contributed by atoms with E-state index in [4.69, 9.17) is 10.5 Å². The molecule has 94 valence electrons. The Morgan fingerprint density at radius 1 is 1.44 bits per heavy atom. The molecule has 0 bridgehead atoms. The zero-order chi connectivity index (χ0) is 12.4. The molecule has 2 aromatic heterocycles. The average molecular weight is 280 g/mol. The predicted molar refractivity (Wildman–Crippen MR) is 70.9 cm³/mol. The minimum atomic E-state index is 0.524. The van der Waals surface area contributed by atoms with Crippen LogP contribution in [0.1, 0.15) is 12.8 Å². The highest BCUT2D eigenvalue weighted by Crippen LogP contribution is 2.32. The van der Waals surface area contributed by atoms with Crippen molar-refractivity contribution in [2.24, 2.45) is 5.92 Å². The second-order valence-corrected chi connectivity index (χ2v) is 6.16. The summed E-state index contributed by atoms with van der Waals surface area (Å²) < 4.78 is 10.5. The van der Waals surface area contributed by atoms with Crippen LogP contribution < -0.4 is 10.5 Å². The van der Waals surface area contributed by atoms with Gasteiger partial charge in [-0.05, 0) is 54.2 Å². The van der Waals surface area contributed by atoms with E-state index in [0.717, 1.165) is 9.37 Å². The molecule has 1 aliphatic carbocycles. The summed E-state index contributed by atoms with van der Waals surface area (Å²) in [4.78, 5) is 8.51. The molecule has 2 heterocycles. The summed E-state index contributed by atoms with van der Waals surface area (Å²) in [6, 6.07) is 3.68. The Hall–Kier alpha value is -1.34. The second kappa shape index (κ2) is 5.11. The van der Waals surface area contributed by atoms with Gasteiger partial charge in [-0.3, -0.25) is 0 Å². The minimum Gasteiger partial charge on any atom is -0.476 e. The Morgan fingerprint density at radius 3 is 3.06 bits per heavy atom. The molecule has 7 heteroatoms. The first-order valence-electron chi connectivity index (χ1n) is 5.65. The SMILES string of the molecule is Nc1ccc(Sc2ncns2)nc1OCC1CC1. The lowest BCUT2D eigenvalue weighted by atomic mass is 10.4. The van der Waals surface area contributed by atoms with E-state index in [1.807, 2.05) is 12.1 Å². The standard InChI is InChI=1S/C11H12N4OS2/c12-8-3-4-9(17-11-13-6-14-18-11)15-10(8)16-5-7-1-2-7/h3-4,6-7H,1-2,5,12H2. The Morgan fingerprint density at radius 2 is 2.33 bits per heavy atom. The van der Waals surface area contributed by atoms with E-state index < -0.39 is 0 Å². The van der Waals surface area contributed by atoms with Gasteiger partial charge in [0.1, 0.15) is 11.4 Å². The first kappa shape index (κ1) is 11.7. The van der Waals surface area contributed by atoms with Gasteiger partial charge in [0.15, 0.2) is 4.34 Å². The van der Waals surface area contributed by atoms with Crippen molar-refractivity contribution in [2.45, 2.75) is 22.2 Å². The fraction of sp³-hybridized carbons (Fsp3) is 0.364. The molecular formula is C11H12N4OS2. The van der Waals surface area contributed by atoms with Gasteiger partial charge in [-0.25, -0.2) is 9.97 Å². The van der Waals surface area contributed by atoms with Crippen LogP contribution in [0.4, 0.5) is 5.69 Å². The highest BCUT2D eigenvalue weighted by molar-refractivity contribution is 8.00. The number of hydrogen-bond donors (Lipinski definition) is 1. The van der Waals surface area contributed by atoms with Crippen LogP contribution in [0, 0.1) is 5.92 Å². The van der Waals surface area contributed by atoms with E-state index in [1.54, 1.807) is 0 Å². The number of ether oxygens (including phenoxy) is 1. The van der Waals surface area contributed by atoms with Crippen molar-refractivity contribution in [3.63, 3.8) is 0 Å². The van der Waals surface area contributed by atoms with E-state index >= 15 is 0 Å². The molecule has 0 radical (unpaired) electrons. The fourth-order valence-electron chi connectivity index (χ4n) is 1.39. The van der Waals surface area contributed by atoms with Gasteiger partial charge in [0.05, 0.1) is 12.3 Å². The molecule has 0 saturated heterocycles. The van der Waals surface area contributed by atoms with Gasteiger partial charge in [0.2, 0.25) is 5.88 Å². The number of anilines is 1. The van der Waals surface area contributed by atoms with Crippen molar-refractivity contribution in [3.05, 3.63) is 18.5 Å². The third-order valence-electron chi connectivity index (χ3n) is 2.55. The summed E-state index contributed by atoms with van der Waals surface area (Å²) >= 11 is 2.81. The van der Waals surface area contributed by atoms with E-state index in [1.165, 1.54) is 42.5 Å². The first-order valence-corrected chi connectivity index (χ1v) is 7.24. The maximum absolute atomic E-state index is 5.85. The largest absolute Gasteiger partial charge is 0.476 e. The topological polar surface area (TPSA) is 73.9 Å². The predicted octanol–water partition coefficient (Wildman–Crippen LogP) is 2.46. The van der Waals surface area contributed by atoms with Gasteiger partial charge in [-0.2, -0.15) is 4.37 Å². The summed E-state index contributed by atoms with van der Waals surface area (Å²) in [5.41, 5.74) is 6.43. The molecule has 1 saturated carbocycles. The summed E-state index contributed by atoms with van der Waals surface area (Å²) in [7, 11) is 0. The molecule has 0 spiro atoms. The van der Waals surface area contributed by atoms with Gasteiger partial charge in [-0.1, -0.05) is 0 Å². The van der Waals surface area contributed by atoms with Crippen LogP contribution in [0.5, 0.6) is 5.88 Å². The molecular weight excluding hydrogens is 268 g/mol. The van der Waals surface area contributed by atoms with E-state index in [2.05, 4.69) is 14.3 Å². The maximum atomic E-state index is 5.85. The fourth-order valence-corrected chi connectivity index (χ4v) is 2.74. The Labute approximate surface area is 113 Å². The van der Waals surface area contributed by atoms with Crippen LogP contribution >= 0.6 is 23.3 Å². The zero-order valence-electron chi connectivity index (χ0n) is 9.57. The molecule has 0 unspecified atom stereocenters. The lowest BCUT2D eigenvalue weighted by Gasteiger charge is -2.08. The number of aromatic nitrogens is 3. The molecule has 0 aromatic carbocycles. The normalized spacial score (nSPS) is 14.7.